The molecule has 0 radical (unpaired) electrons. The molecule has 8 nitrogen and oxygen atoms in total. The fourth-order valence-electron chi connectivity index (χ4n) is 1.97. The molecule has 0 unspecified atom stereocenters. The summed E-state index contributed by atoms with van der Waals surface area (Å²) in [6, 6.07) is 1.10. The molecule has 0 saturated carbocycles. The lowest BCUT2D eigenvalue weighted by Gasteiger charge is -2.17. The molecule has 0 aliphatic carbocycles. The van der Waals surface area contributed by atoms with Crippen molar-refractivity contribution >= 4 is 0 Å². The van der Waals surface area contributed by atoms with Gasteiger partial charge >= 0.3 is 5.69 Å². The Morgan fingerprint density at radius 2 is 2.06 bits per heavy atom. The molecule has 4 N–H and O–H groups in total. The predicted octanol–water partition coefficient (Wildman–Crippen LogP) is -2.46. The minimum atomic E-state index is -1.47. The van der Waals surface area contributed by atoms with Crippen LogP contribution in [-0.4, -0.2) is 49.3 Å². The minimum absolute atomic E-state index is 0.663. The van der Waals surface area contributed by atoms with Gasteiger partial charge in [-0.15, -0.1) is 0 Å². The highest BCUT2D eigenvalue weighted by Gasteiger charge is 2.46. The van der Waals surface area contributed by atoms with Crippen LogP contribution in [0.15, 0.2) is 21.9 Å². The lowest BCUT2D eigenvalue weighted by atomic mass is 10.1. The summed E-state index contributed by atoms with van der Waals surface area (Å²) >= 11 is 0. The minimum Gasteiger partial charge on any atom is -0.391 e. The van der Waals surface area contributed by atoms with Crippen LogP contribution in [0.1, 0.15) is 13.2 Å². The van der Waals surface area contributed by atoms with Gasteiger partial charge in [0.1, 0.15) is 18.3 Å². The normalized spacial score (nSPS) is 33.6. The Kier molecular flexibility index (Phi) is 3.35. The summed E-state index contributed by atoms with van der Waals surface area (Å²) in [5, 5.41) is 28.8. The third kappa shape index (κ3) is 1.99. The van der Waals surface area contributed by atoms with Crippen molar-refractivity contribution in [3.8, 4) is 0 Å². The van der Waals surface area contributed by atoms with Crippen molar-refractivity contribution in [1.82, 2.24) is 9.55 Å². The molecule has 0 amide bonds. The first-order chi connectivity index (χ1) is 8.43. The summed E-state index contributed by atoms with van der Waals surface area (Å²) in [6.45, 7) is 1.38. The van der Waals surface area contributed by atoms with E-state index in [0.29, 0.717) is 4.57 Å². The van der Waals surface area contributed by atoms with Gasteiger partial charge in [-0.05, 0) is 6.92 Å². The Balaban J connectivity index is 2.41. The summed E-state index contributed by atoms with van der Waals surface area (Å²) < 4.78 is 5.85. The molecule has 2 heterocycles. The van der Waals surface area contributed by atoms with Crippen molar-refractivity contribution < 1.29 is 20.1 Å². The van der Waals surface area contributed by atoms with Crippen LogP contribution in [0.5, 0.6) is 0 Å². The van der Waals surface area contributed by atoms with Gasteiger partial charge in [-0.1, -0.05) is 0 Å². The number of rotatable bonds is 2. The van der Waals surface area contributed by atoms with E-state index in [-0.39, 0.29) is 0 Å². The van der Waals surface area contributed by atoms with Crippen LogP contribution in [0.3, 0.4) is 0 Å². The topological polar surface area (TPSA) is 125 Å². The molecular formula is C10H14N2O6. The van der Waals surface area contributed by atoms with Crippen LogP contribution in [-0.2, 0) is 4.74 Å². The van der Waals surface area contributed by atoms with Gasteiger partial charge in [-0.3, -0.25) is 4.79 Å². The highest BCUT2D eigenvalue weighted by atomic mass is 16.6. The molecule has 1 aliphatic heterocycles. The number of aliphatic hydroxyl groups is 3. The van der Waals surface area contributed by atoms with Crippen molar-refractivity contribution in [1.29, 1.82) is 0 Å². The molecule has 1 aromatic heterocycles. The quantitative estimate of drug-likeness (QED) is 0.466. The lowest BCUT2D eigenvalue weighted by molar-refractivity contribution is -0.0814. The Morgan fingerprint density at radius 3 is 2.56 bits per heavy atom. The van der Waals surface area contributed by atoms with E-state index in [1.54, 1.807) is 0 Å². The second kappa shape index (κ2) is 4.65. The second-order valence-corrected chi connectivity index (χ2v) is 4.20. The van der Waals surface area contributed by atoms with Crippen molar-refractivity contribution in [3.05, 3.63) is 33.1 Å². The fraction of sp³-hybridized carbons (Fsp3) is 0.600. The number of nitrogens with zero attached hydrogens (tertiary/aromatic N) is 1. The smallest absolute Gasteiger partial charge is 0.330 e. The van der Waals surface area contributed by atoms with Crippen molar-refractivity contribution in [2.24, 2.45) is 0 Å². The summed E-state index contributed by atoms with van der Waals surface area (Å²) in [7, 11) is 0. The van der Waals surface area contributed by atoms with Gasteiger partial charge in [0.05, 0.1) is 6.10 Å². The maximum absolute atomic E-state index is 11.6. The standard InChI is InChI=1S/C10H14N2O6/c1-4(13)8-6(15)7(16)9(18-8)12-5(14)2-3-11-10(12)17/h2-4,6-9,13,15-16H,1H3,(H,11,17)/t4-,6-,7-,8+,9-/m0/s1. The average Bonchev–Trinajstić information content (AvgIpc) is 2.57. The highest BCUT2D eigenvalue weighted by molar-refractivity contribution is 4.94. The second-order valence-electron chi connectivity index (χ2n) is 4.20. The van der Waals surface area contributed by atoms with E-state index in [4.69, 9.17) is 4.74 Å². The molecular weight excluding hydrogens is 244 g/mol. The Labute approximate surface area is 101 Å². The van der Waals surface area contributed by atoms with Crippen molar-refractivity contribution in [2.75, 3.05) is 0 Å². The molecule has 18 heavy (non-hydrogen) atoms. The summed E-state index contributed by atoms with van der Waals surface area (Å²) in [6.07, 6.45) is -5.09. The van der Waals surface area contributed by atoms with E-state index in [2.05, 4.69) is 4.98 Å². The number of nitrogens with one attached hydrogen (secondary N) is 1. The van der Waals surface area contributed by atoms with Gasteiger partial charge in [-0.2, -0.15) is 0 Å². The Bertz CT molecular complexity index is 507. The molecule has 0 aromatic carbocycles. The van der Waals surface area contributed by atoms with Crippen LogP contribution in [0, 0.1) is 0 Å². The average molecular weight is 258 g/mol. The molecule has 1 aromatic rings. The number of aromatic nitrogens is 2. The van der Waals surface area contributed by atoms with E-state index in [1.165, 1.54) is 13.1 Å². The van der Waals surface area contributed by atoms with Gasteiger partial charge in [0.2, 0.25) is 0 Å². The van der Waals surface area contributed by atoms with Gasteiger partial charge in [0.15, 0.2) is 6.23 Å². The number of hydrogen-bond acceptors (Lipinski definition) is 6. The largest absolute Gasteiger partial charge is 0.391 e. The Morgan fingerprint density at radius 1 is 1.39 bits per heavy atom. The van der Waals surface area contributed by atoms with Crippen LogP contribution in [0.2, 0.25) is 0 Å². The van der Waals surface area contributed by atoms with Gasteiger partial charge in [0.25, 0.3) is 5.56 Å². The highest BCUT2D eigenvalue weighted by Crippen LogP contribution is 2.29. The van der Waals surface area contributed by atoms with E-state index >= 15 is 0 Å². The van der Waals surface area contributed by atoms with Crippen LogP contribution in [0.4, 0.5) is 0 Å². The third-order valence-electron chi connectivity index (χ3n) is 2.89. The number of aromatic amines is 1. The van der Waals surface area contributed by atoms with Crippen LogP contribution in [0.25, 0.3) is 0 Å². The molecule has 0 bridgehead atoms. The van der Waals surface area contributed by atoms with E-state index in [1.807, 2.05) is 0 Å². The molecule has 2 rings (SSSR count). The van der Waals surface area contributed by atoms with E-state index in [9.17, 15) is 24.9 Å². The lowest BCUT2D eigenvalue weighted by Crippen LogP contribution is -2.42. The third-order valence-corrected chi connectivity index (χ3v) is 2.89. The first-order valence-corrected chi connectivity index (χ1v) is 5.43. The van der Waals surface area contributed by atoms with Crippen molar-refractivity contribution in [2.45, 2.75) is 37.6 Å². The van der Waals surface area contributed by atoms with Crippen LogP contribution >= 0.6 is 0 Å². The molecule has 8 heteroatoms. The number of aliphatic hydroxyl groups excluding tert-OH is 3. The number of H-pyrrole nitrogens is 1. The summed E-state index contributed by atoms with van der Waals surface area (Å²) in [4.78, 5) is 25.4. The van der Waals surface area contributed by atoms with Crippen LogP contribution < -0.4 is 11.2 Å². The molecule has 1 fully saturated rings. The summed E-state index contributed by atoms with van der Waals surface area (Å²) in [5.41, 5.74) is -1.42. The van der Waals surface area contributed by atoms with E-state index in [0.717, 1.165) is 6.07 Å². The zero-order valence-corrected chi connectivity index (χ0v) is 9.56. The first kappa shape index (κ1) is 13.0. The maximum Gasteiger partial charge on any atom is 0.330 e. The number of ether oxygens (including phenoxy) is 1. The van der Waals surface area contributed by atoms with Gasteiger partial charge in [-0.25, -0.2) is 9.36 Å². The molecule has 1 aliphatic rings. The Hall–Kier alpha value is -1.48. The molecule has 5 atom stereocenters. The summed E-state index contributed by atoms with van der Waals surface area (Å²) in [5.74, 6) is 0. The molecule has 100 valence electrons. The zero-order valence-electron chi connectivity index (χ0n) is 9.56. The molecule has 1 saturated heterocycles. The van der Waals surface area contributed by atoms with Gasteiger partial charge < -0.3 is 25.0 Å². The van der Waals surface area contributed by atoms with Crippen molar-refractivity contribution in [3.63, 3.8) is 0 Å². The molecule has 0 spiro atoms. The maximum atomic E-state index is 11.6. The fourth-order valence-corrected chi connectivity index (χ4v) is 1.97. The first-order valence-electron chi connectivity index (χ1n) is 5.43. The van der Waals surface area contributed by atoms with Gasteiger partial charge in [0, 0.05) is 12.3 Å². The number of hydrogen-bond donors (Lipinski definition) is 4. The monoisotopic (exact) mass is 258 g/mol. The zero-order chi connectivity index (χ0) is 13.4. The SMILES string of the molecule is C[C@H](O)[C@H]1O[C@H](n2c(=O)cc[nH]c2=O)[C@@H](O)[C@@H]1O. The predicted molar refractivity (Wildman–Crippen MR) is 58.9 cm³/mol. The van der Waals surface area contributed by atoms with E-state index < -0.39 is 41.9 Å².